The maximum Gasteiger partial charge on any atom is 0.333 e. The minimum Gasteiger partial charge on any atom is -0.504 e. The van der Waals surface area contributed by atoms with E-state index < -0.39 is 47.1 Å². The van der Waals surface area contributed by atoms with Crippen LogP contribution in [0.1, 0.15) is 68.9 Å². The zero-order valence-corrected chi connectivity index (χ0v) is 32.8. The number of rotatable bonds is 3. The number of nitrogens with zero attached hydrogens (tertiary/aromatic N) is 2. The molecule has 0 amide bonds. The summed E-state index contributed by atoms with van der Waals surface area (Å²) in [7, 11) is 5.17. The van der Waals surface area contributed by atoms with Crippen LogP contribution in [0.2, 0.25) is 0 Å². The average molecular weight is 785 g/mol. The van der Waals surface area contributed by atoms with Gasteiger partial charge in [-0.15, -0.1) is 11.8 Å². The van der Waals surface area contributed by atoms with Crippen LogP contribution in [0.4, 0.5) is 0 Å². The van der Waals surface area contributed by atoms with Crippen molar-refractivity contribution in [2.45, 2.75) is 74.8 Å². The van der Waals surface area contributed by atoms with Crippen LogP contribution in [0, 0.1) is 13.8 Å². The number of aliphatic hydroxyl groups excluding tert-OH is 1. The highest BCUT2D eigenvalue weighted by Gasteiger charge is 2.61. The summed E-state index contributed by atoms with van der Waals surface area (Å²) in [4.78, 5) is 35.6. The van der Waals surface area contributed by atoms with E-state index in [1.54, 1.807) is 14.2 Å². The molecule has 56 heavy (non-hydrogen) atoms. The zero-order valence-electron chi connectivity index (χ0n) is 32.0. The van der Waals surface area contributed by atoms with Crippen LogP contribution < -0.4 is 29.0 Å². The number of aryl methyl sites for hydroxylation is 1. The van der Waals surface area contributed by atoms with Gasteiger partial charge in [0.05, 0.1) is 43.3 Å². The van der Waals surface area contributed by atoms with Gasteiger partial charge < -0.3 is 43.6 Å². The monoisotopic (exact) mass is 784 g/mol. The van der Waals surface area contributed by atoms with Crippen molar-refractivity contribution >= 4 is 34.6 Å². The zero-order chi connectivity index (χ0) is 38.9. The Hall–Kier alpha value is -4.67. The molecule has 1 unspecified atom stereocenters. The Labute approximate surface area is 327 Å². The standard InChI is InChI=1S/C41H44N4O10S/c1-17-11-20-12-25-39(48)45-26-14-52-40(49)41(38-22(9-10-42-41)23-13-21(50-5)7-8-24(23)43-38)15-56-37(31(45)30(44(25)4)27(20)32(47)33(17)51-6)29-28(26)36-35(53-16-54-36)18(2)34(29)55-19(3)46/h7-8,11,13,25-26,30-31,37,39,42-43,47-48H,9-10,12,14-16H2,1-6H3/t25-,26-,30+,31+,37?,39-,41+/m0/s1. The van der Waals surface area contributed by atoms with Gasteiger partial charge in [0.15, 0.2) is 28.5 Å². The molecule has 1 spiro atoms. The molecule has 7 aliphatic rings. The maximum absolute atomic E-state index is 14.9. The molecule has 1 aromatic heterocycles. The van der Waals surface area contributed by atoms with E-state index in [1.807, 2.05) is 50.1 Å². The molecule has 4 aromatic rings. The molecular weight excluding hydrogens is 741 g/mol. The van der Waals surface area contributed by atoms with E-state index in [9.17, 15) is 19.8 Å². The molecule has 7 atom stereocenters. The molecular formula is C41H44N4O10S. The maximum atomic E-state index is 14.9. The average Bonchev–Trinajstić information content (AvgIpc) is 3.82. The largest absolute Gasteiger partial charge is 0.504 e. The number of fused-ring (bicyclic) bond motifs is 11. The minimum absolute atomic E-state index is 0.0439. The number of nitrogens with one attached hydrogen (secondary N) is 2. The Morgan fingerprint density at radius 1 is 1.05 bits per heavy atom. The number of H-pyrrole nitrogens is 1. The van der Waals surface area contributed by atoms with Crippen LogP contribution in [0.25, 0.3) is 10.9 Å². The number of aliphatic hydroxyl groups is 1. The van der Waals surface area contributed by atoms with Gasteiger partial charge in [-0.1, -0.05) is 6.07 Å². The second kappa shape index (κ2) is 12.7. The highest BCUT2D eigenvalue weighted by molar-refractivity contribution is 7.99. The Kier molecular flexibility index (Phi) is 8.08. The van der Waals surface area contributed by atoms with E-state index in [-0.39, 0.29) is 30.9 Å². The first-order chi connectivity index (χ1) is 27.0. The first-order valence-corrected chi connectivity index (χ1v) is 20.0. The highest BCUT2D eigenvalue weighted by Crippen LogP contribution is 2.64. The quantitative estimate of drug-likeness (QED) is 0.173. The lowest BCUT2D eigenvalue weighted by molar-refractivity contribution is -0.186. The van der Waals surface area contributed by atoms with Crippen molar-refractivity contribution < 1.29 is 48.2 Å². The summed E-state index contributed by atoms with van der Waals surface area (Å²) < 4.78 is 36.2. The topological polar surface area (TPSA) is 164 Å². The summed E-state index contributed by atoms with van der Waals surface area (Å²) in [6.07, 6.45) is 0.129. The van der Waals surface area contributed by atoms with Crippen LogP contribution in [0.15, 0.2) is 24.3 Å². The van der Waals surface area contributed by atoms with Crippen molar-refractivity contribution in [1.82, 2.24) is 20.1 Å². The van der Waals surface area contributed by atoms with Crippen LogP contribution in [-0.2, 0) is 32.7 Å². The summed E-state index contributed by atoms with van der Waals surface area (Å²) in [6, 6.07) is 5.77. The second-order valence-electron chi connectivity index (χ2n) is 15.6. The number of hydrogen-bond donors (Lipinski definition) is 4. The Morgan fingerprint density at radius 2 is 1.86 bits per heavy atom. The minimum atomic E-state index is -1.28. The van der Waals surface area contributed by atoms with Crippen molar-refractivity contribution in [3.8, 4) is 34.5 Å². The number of benzene rings is 3. The van der Waals surface area contributed by atoms with Crippen LogP contribution in [0.3, 0.4) is 0 Å². The number of methoxy groups -OCH3 is 2. The normalized spacial score (nSPS) is 28.9. The van der Waals surface area contributed by atoms with Crippen molar-refractivity contribution in [2.75, 3.05) is 47.0 Å². The molecule has 7 aliphatic heterocycles. The van der Waals surface area contributed by atoms with E-state index in [4.69, 9.17) is 28.4 Å². The number of esters is 2. The lowest BCUT2D eigenvalue weighted by Crippen LogP contribution is -2.70. The SMILES string of the molecule is COc1ccc2[nH]c3c(c2c1)CCN[C@]31CSC2c3c(OC(C)=O)c(C)c4c(c3[C@H](COC1=O)N1[C@@H](O)[C@@H]3Cc5cc(C)c(OC)c(O)c5[C@H]([C@H]21)N3C)OCO4. The number of aromatic nitrogens is 1. The molecule has 0 aliphatic carbocycles. The second-order valence-corrected chi connectivity index (χ2v) is 16.8. The van der Waals surface area contributed by atoms with Gasteiger partial charge in [0, 0.05) is 58.4 Å². The Morgan fingerprint density at radius 3 is 2.62 bits per heavy atom. The summed E-state index contributed by atoms with van der Waals surface area (Å²) in [5.74, 6) is 1.73. The van der Waals surface area contributed by atoms with Gasteiger partial charge in [-0.25, -0.2) is 4.79 Å². The third kappa shape index (κ3) is 4.71. The molecule has 8 heterocycles. The fourth-order valence-corrected chi connectivity index (χ4v) is 12.2. The molecule has 15 heteroatoms. The first-order valence-electron chi connectivity index (χ1n) is 18.9. The van der Waals surface area contributed by atoms with Crippen molar-refractivity contribution in [3.63, 3.8) is 0 Å². The molecule has 0 saturated carbocycles. The van der Waals surface area contributed by atoms with Gasteiger partial charge >= 0.3 is 11.9 Å². The number of carbonyl (C=O) groups is 2. The van der Waals surface area contributed by atoms with E-state index in [0.29, 0.717) is 59.1 Å². The van der Waals surface area contributed by atoms with E-state index in [0.717, 1.165) is 44.6 Å². The molecule has 0 radical (unpaired) electrons. The third-order valence-corrected chi connectivity index (χ3v) is 14.4. The molecule has 4 bridgehead atoms. The number of aromatic hydroxyl groups is 1. The van der Waals surface area contributed by atoms with Crippen LogP contribution in [0.5, 0.6) is 34.5 Å². The van der Waals surface area contributed by atoms with Gasteiger partial charge in [0.2, 0.25) is 6.79 Å². The van der Waals surface area contributed by atoms with Crippen molar-refractivity contribution in [2.24, 2.45) is 0 Å². The first kappa shape index (κ1) is 35.7. The number of aromatic amines is 1. The number of likely N-dealkylation sites (N-methyl/N-ethyl adjacent to an activating group) is 1. The van der Waals surface area contributed by atoms with Crippen molar-refractivity contribution in [1.29, 1.82) is 0 Å². The molecule has 2 fully saturated rings. The summed E-state index contributed by atoms with van der Waals surface area (Å²) in [5.41, 5.74) is 5.79. The highest BCUT2D eigenvalue weighted by atomic mass is 32.2. The van der Waals surface area contributed by atoms with Crippen LogP contribution >= 0.6 is 11.8 Å². The molecule has 14 nitrogen and oxygen atoms in total. The van der Waals surface area contributed by atoms with E-state index >= 15 is 0 Å². The predicted molar refractivity (Wildman–Crippen MR) is 205 cm³/mol. The third-order valence-electron chi connectivity index (χ3n) is 12.9. The van der Waals surface area contributed by atoms with Crippen molar-refractivity contribution in [3.05, 3.63) is 68.9 Å². The molecule has 11 rings (SSSR count). The number of thioether (sulfide) groups is 1. The van der Waals surface area contributed by atoms with Gasteiger partial charge in [-0.3, -0.25) is 19.9 Å². The van der Waals surface area contributed by atoms with Gasteiger partial charge in [0.1, 0.15) is 24.3 Å². The fraction of sp³-hybridized carbons (Fsp3) is 0.463. The van der Waals surface area contributed by atoms with E-state index in [1.165, 1.54) is 18.7 Å². The number of hydrogen-bond acceptors (Lipinski definition) is 14. The van der Waals surface area contributed by atoms with Gasteiger partial charge in [-0.05, 0) is 68.6 Å². The Bertz CT molecular complexity index is 2360. The number of carbonyl (C=O) groups excluding carboxylic acids is 2. The molecule has 4 N–H and O–H groups in total. The molecule has 294 valence electrons. The lowest BCUT2D eigenvalue weighted by atomic mass is 9.73. The van der Waals surface area contributed by atoms with E-state index in [2.05, 4.69) is 15.2 Å². The number of ether oxygens (including phenoxy) is 6. The number of piperazine rings is 1. The smallest absolute Gasteiger partial charge is 0.333 e. The Balaban J connectivity index is 1.23. The predicted octanol–water partition coefficient (Wildman–Crippen LogP) is 4.19. The summed E-state index contributed by atoms with van der Waals surface area (Å²) in [5, 5.41) is 28.7. The molecule has 2 saturated heterocycles. The summed E-state index contributed by atoms with van der Waals surface area (Å²) >= 11 is 1.53. The van der Waals surface area contributed by atoms with Gasteiger partial charge in [0.25, 0.3) is 0 Å². The number of phenols is 1. The van der Waals surface area contributed by atoms with Crippen LogP contribution in [-0.4, -0.2) is 102 Å². The lowest BCUT2D eigenvalue weighted by Gasteiger charge is -2.62. The fourth-order valence-electron chi connectivity index (χ4n) is 10.6. The van der Waals surface area contributed by atoms with Gasteiger partial charge in [-0.2, -0.15) is 0 Å². The summed E-state index contributed by atoms with van der Waals surface area (Å²) in [6.45, 7) is 5.46. The number of phenolic OH excluding ortho intramolecular Hbond substituents is 1. The molecule has 3 aromatic carbocycles.